The second-order valence-electron chi connectivity index (χ2n) is 13.3. The number of nitro benzene ring substituents is 1. The molecule has 4 aromatic carbocycles. The predicted molar refractivity (Wildman–Crippen MR) is 186 cm³/mol. The van der Waals surface area contributed by atoms with Gasteiger partial charge in [0.25, 0.3) is 5.69 Å². The molecule has 2 aliphatic carbocycles. The van der Waals surface area contributed by atoms with Crippen LogP contribution in [0.5, 0.6) is 11.5 Å². The Hall–Kier alpha value is -5.81. The van der Waals surface area contributed by atoms with Crippen LogP contribution in [-0.2, 0) is 24.6 Å². The second kappa shape index (κ2) is 11.9. The van der Waals surface area contributed by atoms with Gasteiger partial charge in [0.15, 0.2) is 0 Å². The van der Waals surface area contributed by atoms with Gasteiger partial charge in [-0.15, -0.1) is 0 Å². The first-order valence-electron chi connectivity index (χ1n) is 16.5. The molecule has 8 rings (SSSR count). The number of fused-ring (bicyclic) bond motifs is 4. The fourth-order valence-corrected chi connectivity index (χ4v) is 9.24. The molecule has 51 heavy (non-hydrogen) atoms. The number of imide groups is 2. The molecule has 6 atom stereocenters. The summed E-state index contributed by atoms with van der Waals surface area (Å²) >= 11 is 6.37. The first-order valence-corrected chi connectivity index (χ1v) is 16.8. The average molecular weight is 704 g/mol. The Morgan fingerprint density at radius 1 is 0.843 bits per heavy atom. The number of hydrogen-bond acceptors (Lipinski definition) is 8. The second-order valence-corrected chi connectivity index (χ2v) is 13.7. The van der Waals surface area contributed by atoms with Crippen LogP contribution in [0.25, 0.3) is 0 Å². The highest BCUT2D eigenvalue weighted by Gasteiger charge is 2.71. The van der Waals surface area contributed by atoms with Gasteiger partial charge in [-0.05, 0) is 60.7 Å². The van der Waals surface area contributed by atoms with Gasteiger partial charge in [-0.3, -0.25) is 29.3 Å². The van der Waals surface area contributed by atoms with Crippen LogP contribution in [0.15, 0.2) is 109 Å². The molecule has 4 aliphatic rings. The monoisotopic (exact) mass is 703 g/mol. The fourth-order valence-electron chi connectivity index (χ4n) is 9.06. The van der Waals surface area contributed by atoms with Crippen LogP contribution in [-0.4, -0.2) is 40.8 Å². The number of carbonyl (C=O) groups is 4. The van der Waals surface area contributed by atoms with Crippen molar-refractivity contribution in [3.8, 4) is 11.5 Å². The van der Waals surface area contributed by atoms with Crippen LogP contribution in [0, 0.1) is 33.8 Å². The number of carbonyl (C=O) groups excluding carboxylic acids is 4. The Morgan fingerprint density at radius 3 is 2.25 bits per heavy atom. The molecule has 256 valence electrons. The number of nitrogens with zero attached hydrogens (tertiary/aromatic N) is 3. The fraction of sp³-hybridized carbons (Fsp3) is 0.231. The smallest absolute Gasteiger partial charge is 0.271 e. The molecule has 0 unspecified atom stereocenters. The highest BCUT2D eigenvalue weighted by molar-refractivity contribution is 6.32. The van der Waals surface area contributed by atoms with Crippen LogP contribution in [0.2, 0.25) is 5.02 Å². The molecule has 2 saturated heterocycles. The van der Waals surface area contributed by atoms with Crippen molar-refractivity contribution in [2.24, 2.45) is 23.7 Å². The van der Waals surface area contributed by atoms with E-state index in [1.54, 1.807) is 60.7 Å². The molecule has 4 aromatic rings. The average Bonchev–Trinajstić information content (AvgIpc) is 3.52. The number of benzene rings is 4. The Morgan fingerprint density at radius 2 is 1.55 bits per heavy atom. The maximum absolute atomic E-state index is 15.3. The minimum absolute atomic E-state index is 0.0394. The Kier molecular flexibility index (Phi) is 7.57. The molecule has 1 saturated carbocycles. The van der Waals surface area contributed by atoms with Crippen molar-refractivity contribution >= 4 is 52.3 Å². The van der Waals surface area contributed by atoms with Crippen molar-refractivity contribution in [1.29, 1.82) is 0 Å². The number of phenolic OH excluding ortho intramolecular Hbond substituents is 1. The third-order valence-corrected chi connectivity index (χ3v) is 11.3. The SMILES string of the molecule is COc1cccc(O)c1[C@H]1C2=CC[C@@H]3C(=O)N(c4cccc([N+](=O)[O-])c4)C(=O)[C@@H]3[C@@H]2C[C@H]2C(=O)N(c3cccc(Cl)c3)C(=O)[C@@]12c1ccccc1. The van der Waals surface area contributed by atoms with Gasteiger partial charge in [-0.25, -0.2) is 9.80 Å². The van der Waals surface area contributed by atoms with Gasteiger partial charge in [0.05, 0.1) is 46.6 Å². The van der Waals surface area contributed by atoms with Crippen molar-refractivity contribution in [3.63, 3.8) is 0 Å². The zero-order valence-corrected chi connectivity index (χ0v) is 27.9. The number of amides is 4. The molecule has 3 fully saturated rings. The van der Waals surface area contributed by atoms with Crippen LogP contribution in [0.4, 0.5) is 17.1 Å². The van der Waals surface area contributed by atoms with Crippen LogP contribution >= 0.6 is 11.6 Å². The van der Waals surface area contributed by atoms with E-state index >= 15 is 4.79 Å². The highest BCUT2D eigenvalue weighted by Crippen LogP contribution is 2.66. The number of hydrogen-bond donors (Lipinski definition) is 1. The molecular formula is C39H30ClN3O8. The van der Waals surface area contributed by atoms with Crippen LogP contribution in [0.1, 0.15) is 29.9 Å². The Bertz CT molecular complexity index is 2210. The van der Waals surface area contributed by atoms with Crippen LogP contribution in [0.3, 0.4) is 0 Å². The van der Waals surface area contributed by atoms with Gasteiger partial charge in [0, 0.05) is 28.6 Å². The third-order valence-electron chi connectivity index (χ3n) is 11.0. The number of nitro groups is 1. The Balaban J connectivity index is 1.36. The van der Waals surface area contributed by atoms with Crippen molar-refractivity contribution in [2.45, 2.75) is 24.2 Å². The lowest BCUT2D eigenvalue weighted by Gasteiger charge is -2.51. The zero-order chi connectivity index (χ0) is 35.8. The van der Waals surface area contributed by atoms with E-state index in [2.05, 4.69) is 0 Å². The molecule has 11 nitrogen and oxygen atoms in total. The number of rotatable bonds is 6. The Labute approximate surface area is 296 Å². The summed E-state index contributed by atoms with van der Waals surface area (Å²) in [5, 5.41) is 23.6. The molecule has 0 spiro atoms. The number of phenols is 1. The first-order chi connectivity index (χ1) is 24.6. The first kappa shape index (κ1) is 32.4. The van der Waals surface area contributed by atoms with E-state index in [-0.39, 0.29) is 47.0 Å². The van der Waals surface area contributed by atoms with Gasteiger partial charge in [0.1, 0.15) is 11.5 Å². The van der Waals surface area contributed by atoms with E-state index in [1.807, 2.05) is 12.1 Å². The molecule has 4 amide bonds. The normalized spacial score (nSPS) is 26.8. The summed E-state index contributed by atoms with van der Waals surface area (Å²) in [4.78, 5) is 71.9. The van der Waals surface area contributed by atoms with E-state index in [4.69, 9.17) is 16.3 Å². The predicted octanol–water partition coefficient (Wildman–Crippen LogP) is 6.33. The summed E-state index contributed by atoms with van der Waals surface area (Å²) in [5.74, 6) is -6.44. The molecule has 1 N–H and O–H groups in total. The summed E-state index contributed by atoms with van der Waals surface area (Å²) in [5.41, 5.74) is -0.0479. The maximum atomic E-state index is 15.3. The summed E-state index contributed by atoms with van der Waals surface area (Å²) in [6.07, 6.45) is 2.04. The molecule has 0 bridgehead atoms. The molecule has 2 aliphatic heterocycles. The van der Waals surface area contributed by atoms with Crippen molar-refractivity contribution in [2.75, 3.05) is 16.9 Å². The van der Waals surface area contributed by atoms with Gasteiger partial charge in [0.2, 0.25) is 23.6 Å². The largest absolute Gasteiger partial charge is 0.508 e. The number of non-ortho nitro benzene ring substituents is 1. The lowest BCUT2D eigenvalue weighted by atomic mass is 9.49. The molecular weight excluding hydrogens is 674 g/mol. The number of anilines is 2. The van der Waals surface area contributed by atoms with E-state index in [0.717, 1.165) is 9.80 Å². The molecule has 0 radical (unpaired) electrons. The van der Waals surface area contributed by atoms with Gasteiger partial charge in [-0.1, -0.05) is 71.8 Å². The summed E-state index contributed by atoms with van der Waals surface area (Å²) in [6, 6.07) is 25.6. The number of methoxy groups -OCH3 is 1. The number of allylic oxidation sites excluding steroid dienone is 2. The number of aromatic hydroxyl groups is 1. The minimum Gasteiger partial charge on any atom is -0.508 e. The van der Waals surface area contributed by atoms with Crippen LogP contribution < -0.4 is 14.5 Å². The molecule has 2 heterocycles. The lowest BCUT2D eigenvalue weighted by Crippen LogP contribution is -2.53. The summed E-state index contributed by atoms with van der Waals surface area (Å²) < 4.78 is 5.81. The topological polar surface area (TPSA) is 147 Å². The third kappa shape index (κ3) is 4.57. The number of halogens is 1. The number of ether oxygens (including phenoxy) is 1. The van der Waals surface area contributed by atoms with E-state index in [0.29, 0.717) is 16.2 Å². The quantitative estimate of drug-likeness (QED) is 0.106. The standard InChI is InChI=1S/C39H30ClN3O8/c1-51-31-15-7-14-30(44)33(31)34-26-16-17-27-32(37(47)41(35(27)45)24-12-6-13-25(19-24)43(49)50)28(26)20-29-36(46)42(23-11-5-10-22(40)18-23)38(48)39(29,34)21-8-3-2-4-9-21/h2-16,18-19,27-29,32,34,44H,17,20H2,1H3/t27-,28+,29-,32-,34+,39+/m0/s1. The maximum Gasteiger partial charge on any atom is 0.271 e. The summed E-state index contributed by atoms with van der Waals surface area (Å²) in [6.45, 7) is 0. The zero-order valence-electron chi connectivity index (χ0n) is 27.1. The lowest BCUT2D eigenvalue weighted by molar-refractivity contribution is -0.384. The molecule has 0 aromatic heterocycles. The van der Waals surface area contributed by atoms with Gasteiger partial charge < -0.3 is 9.84 Å². The van der Waals surface area contributed by atoms with E-state index in [9.17, 15) is 29.6 Å². The van der Waals surface area contributed by atoms with E-state index < -0.39 is 63.6 Å². The molecule has 12 heteroatoms. The van der Waals surface area contributed by atoms with Crippen molar-refractivity contribution in [3.05, 3.63) is 135 Å². The van der Waals surface area contributed by atoms with E-state index in [1.165, 1.54) is 37.4 Å². The summed E-state index contributed by atoms with van der Waals surface area (Å²) in [7, 11) is 1.45. The van der Waals surface area contributed by atoms with Crippen molar-refractivity contribution < 1.29 is 33.9 Å². The highest BCUT2D eigenvalue weighted by atomic mass is 35.5. The van der Waals surface area contributed by atoms with Gasteiger partial charge >= 0.3 is 0 Å². The minimum atomic E-state index is -1.60. The van der Waals surface area contributed by atoms with Crippen molar-refractivity contribution in [1.82, 2.24) is 0 Å². The van der Waals surface area contributed by atoms with Gasteiger partial charge in [-0.2, -0.15) is 0 Å².